The second-order valence-corrected chi connectivity index (χ2v) is 4.00. The fraction of sp³-hybridized carbons (Fsp3) is 0.857. The van der Waals surface area contributed by atoms with Gasteiger partial charge in [-0.2, -0.15) is 0 Å². The number of aliphatic hydroxyl groups is 1. The minimum absolute atomic E-state index is 0.0307. The fourth-order valence-electron chi connectivity index (χ4n) is 1.87. The van der Waals surface area contributed by atoms with Gasteiger partial charge in [0.25, 0.3) is 0 Å². The van der Waals surface area contributed by atoms with Crippen LogP contribution in [0.4, 0.5) is 0 Å². The number of likely N-dealkylation sites (tertiary alicyclic amines) is 1. The second-order valence-electron chi connectivity index (χ2n) is 4.00. The number of carbonyl (C=O) groups excluding carboxylic acids is 2. The molecule has 0 bridgehead atoms. The van der Waals surface area contributed by atoms with Crippen LogP contribution in [0.15, 0.2) is 0 Å². The molecule has 4 heteroatoms. The first-order valence-corrected chi connectivity index (χ1v) is 6.89. The van der Waals surface area contributed by atoms with E-state index in [2.05, 4.69) is 0 Å². The smallest absolute Gasteiger partial charge is 0.219 e. The van der Waals surface area contributed by atoms with Crippen LogP contribution < -0.4 is 0 Å². The summed E-state index contributed by atoms with van der Waals surface area (Å²) in [5.74, 6) is 0.0725. The molecule has 1 saturated heterocycles. The van der Waals surface area contributed by atoms with E-state index in [1.807, 2.05) is 27.7 Å². The Bertz CT molecular complexity index is 243. The predicted molar refractivity (Wildman–Crippen MR) is 74.4 cm³/mol. The first kappa shape index (κ1) is 19.4. The van der Waals surface area contributed by atoms with Crippen LogP contribution in [0.2, 0.25) is 0 Å². The van der Waals surface area contributed by atoms with Crippen LogP contribution in [0, 0.1) is 5.41 Å². The number of carbonyl (C=O) groups is 2. The molecule has 0 unspecified atom stereocenters. The monoisotopic (exact) mass is 259 g/mol. The average molecular weight is 259 g/mol. The van der Waals surface area contributed by atoms with Crippen molar-refractivity contribution in [3.05, 3.63) is 0 Å². The highest BCUT2D eigenvalue weighted by molar-refractivity contribution is 5.83. The molecule has 0 aliphatic carbocycles. The number of rotatable bonds is 2. The Kier molecular flexibility index (Phi) is 10.9. The molecule has 1 aliphatic rings. The summed E-state index contributed by atoms with van der Waals surface area (Å²) in [5, 5.41) is 9.21. The molecule has 0 atom stereocenters. The number of ketones is 1. The zero-order chi connectivity index (χ0) is 14.8. The quantitative estimate of drug-likeness (QED) is 0.827. The summed E-state index contributed by atoms with van der Waals surface area (Å²) in [6.45, 7) is 12.1. The molecule has 1 fully saturated rings. The van der Waals surface area contributed by atoms with Crippen molar-refractivity contribution in [3.63, 3.8) is 0 Å². The van der Waals surface area contributed by atoms with Crippen LogP contribution in [0.1, 0.15) is 54.4 Å². The Hall–Kier alpha value is -0.900. The summed E-state index contributed by atoms with van der Waals surface area (Å²) >= 11 is 0. The number of nitrogens with zero attached hydrogens (tertiary/aromatic N) is 1. The predicted octanol–water partition coefficient (Wildman–Crippen LogP) is 2.25. The van der Waals surface area contributed by atoms with E-state index in [9.17, 15) is 14.7 Å². The Morgan fingerprint density at radius 2 is 1.44 bits per heavy atom. The lowest BCUT2D eigenvalue weighted by atomic mass is 9.76. The number of aliphatic hydroxyl groups excluding tert-OH is 1. The van der Waals surface area contributed by atoms with Crippen LogP contribution in [0.3, 0.4) is 0 Å². The third kappa shape index (κ3) is 5.17. The molecule has 18 heavy (non-hydrogen) atoms. The van der Waals surface area contributed by atoms with Gasteiger partial charge in [0, 0.05) is 20.0 Å². The first-order valence-electron chi connectivity index (χ1n) is 6.89. The maximum Gasteiger partial charge on any atom is 0.219 e. The summed E-state index contributed by atoms with van der Waals surface area (Å²) in [4.78, 5) is 24.1. The van der Waals surface area contributed by atoms with Gasteiger partial charge in [-0.05, 0) is 19.8 Å². The molecule has 0 aromatic rings. The highest BCUT2D eigenvalue weighted by Crippen LogP contribution is 2.31. The van der Waals surface area contributed by atoms with Crippen molar-refractivity contribution < 1.29 is 14.7 Å². The summed E-state index contributed by atoms with van der Waals surface area (Å²) in [7, 11) is 0. The third-order valence-corrected chi connectivity index (χ3v) is 3.22. The Balaban J connectivity index is 0. The van der Waals surface area contributed by atoms with E-state index in [1.54, 1.807) is 4.90 Å². The van der Waals surface area contributed by atoms with E-state index in [0.717, 1.165) is 0 Å². The molecule has 0 saturated carbocycles. The number of hydrogen-bond acceptors (Lipinski definition) is 3. The third-order valence-electron chi connectivity index (χ3n) is 3.22. The maximum atomic E-state index is 11.4. The lowest BCUT2D eigenvalue weighted by Gasteiger charge is -2.38. The molecule has 108 valence electrons. The topological polar surface area (TPSA) is 57.6 Å². The van der Waals surface area contributed by atoms with Crippen molar-refractivity contribution in [1.29, 1.82) is 0 Å². The number of hydrogen-bond donors (Lipinski definition) is 1. The zero-order valence-electron chi connectivity index (χ0n) is 12.7. The molecular weight excluding hydrogens is 230 g/mol. The van der Waals surface area contributed by atoms with E-state index in [0.29, 0.717) is 25.9 Å². The van der Waals surface area contributed by atoms with Gasteiger partial charge in [0.1, 0.15) is 5.78 Å². The highest BCUT2D eigenvalue weighted by atomic mass is 16.3. The molecule has 4 nitrogen and oxygen atoms in total. The van der Waals surface area contributed by atoms with Gasteiger partial charge >= 0.3 is 0 Å². The highest BCUT2D eigenvalue weighted by Gasteiger charge is 2.38. The van der Waals surface area contributed by atoms with Gasteiger partial charge in [-0.25, -0.2) is 0 Å². The van der Waals surface area contributed by atoms with E-state index >= 15 is 0 Å². The van der Waals surface area contributed by atoms with Crippen molar-refractivity contribution in [2.45, 2.75) is 54.4 Å². The molecular formula is C14H29NO3. The van der Waals surface area contributed by atoms with Crippen LogP contribution in [0.5, 0.6) is 0 Å². The van der Waals surface area contributed by atoms with Crippen molar-refractivity contribution in [2.75, 3.05) is 19.7 Å². The fourth-order valence-corrected chi connectivity index (χ4v) is 1.87. The van der Waals surface area contributed by atoms with Gasteiger partial charge in [0.05, 0.1) is 12.0 Å². The van der Waals surface area contributed by atoms with E-state index in [1.165, 1.54) is 13.8 Å². The summed E-state index contributed by atoms with van der Waals surface area (Å²) in [6.07, 6.45) is 1.16. The second kappa shape index (κ2) is 10.1. The van der Waals surface area contributed by atoms with Crippen LogP contribution in [-0.2, 0) is 9.59 Å². The van der Waals surface area contributed by atoms with Crippen LogP contribution in [-0.4, -0.2) is 41.4 Å². The number of amides is 1. The van der Waals surface area contributed by atoms with E-state index in [4.69, 9.17) is 0 Å². The summed E-state index contributed by atoms with van der Waals surface area (Å²) < 4.78 is 0. The normalized spacial score (nSPS) is 16.7. The van der Waals surface area contributed by atoms with E-state index < -0.39 is 5.41 Å². The molecule has 0 aromatic carbocycles. The van der Waals surface area contributed by atoms with Crippen molar-refractivity contribution in [3.8, 4) is 0 Å². The van der Waals surface area contributed by atoms with Gasteiger partial charge in [-0.15, -0.1) is 0 Å². The van der Waals surface area contributed by atoms with Gasteiger partial charge in [-0.1, -0.05) is 27.7 Å². The van der Waals surface area contributed by atoms with Gasteiger partial charge in [0.2, 0.25) is 5.91 Å². The lowest BCUT2D eigenvalue weighted by Crippen LogP contribution is -2.47. The van der Waals surface area contributed by atoms with Gasteiger partial charge in [0.15, 0.2) is 0 Å². The minimum atomic E-state index is -0.591. The molecule has 1 N–H and O–H groups in total. The van der Waals surface area contributed by atoms with Crippen molar-refractivity contribution in [1.82, 2.24) is 4.90 Å². The van der Waals surface area contributed by atoms with Crippen molar-refractivity contribution in [2.24, 2.45) is 5.41 Å². The average Bonchev–Trinajstić information content (AvgIpc) is 2.43. The lowest BCUT2D eigenvalue weighted by molar-refractivity contribution is -0.139. The Morgan fingerprint density at radius 1 is 1.06 bits per heavy atom. The largest absolute Gasteiger partial charge is 0.395 e. The standard InChI is InChI=1S/C10H17NO3.2C2H6/c1-8(13)10(7-12)3-5-11(6-4-10)9(2)14;2*1-2/h12H,3-7H2,1-2H3;2*1-2H3. The maximum absolute atomic E-state index is 11.4. The molecule has 1 heterocycles. The van der Waals surface area contributed by atoms with Crippen LogP contribution in [0.25, 0.3) is 0 Å². The van der Waals surface area contributed by atoms with Crippen molar-refractivity contribution >= 4 is 11.7 Å². The van der Waals surface area contributed by atoms with Gasteiger partial charge in [-0.3, -0.25) is 9.59 Å². The molecule has 0 aromatic heterocycles. The molecule has 0 radical (unpaired) electrons. The van der Waals surface area contributed by atoms with Gasteiger partial charge < -0.3 is 10.0 Å². The SMILES string of the molecule is CC.CC.CC(=O)N1CCC(CO)(C(C)=O)CC1. The van der Waals surface area contributed by atoms with Crippen LogP contribution >= 0.6 is 0 Å². The zero-order valence-corrected chi connectivity index (χ0v) is 12.7. The number of Topliss-reactive ketones (excluding diaryl/α,β-unsaturated/α-hetero) is 1. The Labute approximate surface area is 111 Å². The molecule has 1 rings (SSSR count). The molecule has 1 aliphatic heterocycles. The molecule has 1 amide bonds. The first-order chi connectivity index (χ1) is 8.52. The Morgan fingerprint density at radius 3 is 1.67 bits per heavy atom. The minimum Gasteiger partial charge on any atom is -0.395 e. The summed E-state index contributed by atoms with van der Waals surface area (Å²) in [5.41, 5.74) is -0.591. The number of piperidine rings is 1. The molecule has 0 spiro atoms. The van der Waals surface area contributed by atoms with E-state index in [-0.39, 0.29) is 18.3 Å². The summed E-state index contributed by atoms with van der Waals surface area (Å²) in [6, 6.07) is 0.